The number of pyridine rings is 1. The smallest absolute Gasteiger partial charge is 0.254 e. The number of H-pyrrole nitrogens is 1. The van der Waals surface area contributed by atoms with E-state index in [4.69, 9.17) is 0 Å². The standard InChI is InChI=1S/C19H18N4O2/c1-22-11-16-12-23(9-6-15(16)10-17(22)24)19(25)14-4-2-13(3-5-14)18-20-7-8-21-18/h2-5,7-8,10-11H,6,9,12H2,1H3,(H,20,21). The lowest BCUT2D eigenvalue weighted by atomic mass is 10.0. The van der Waals surface area contributed by atoms with Gasteiger partial charge in [0.05, 0.1) is 0 Å². The first-order valence-corrected chi connectivity index (χ1v) is 8.19. The SMILES string of the molecule is Cn1cc2c(cc1=O)CCN(C(=O)c1ccc(-c3ncc[nH]3)cc1)C2. The molecule has 25 heavy (non-hydrogen) atoms. The zero-order valence-corrected chi connectivity index (χ0v) is 13.9. The molecule has 1 aromatic carbocycles. The molecule has 0 atom stereocenters. The quantitative estimate of drug-likeness (QED) is 0.779. The second-order valence-electron chi connectivity index (χ2n) is 6.26. The van der Waals surface area contributed by atoms with Crippen molar-refractivity contribution in [1.82, 2.24) is 19.4 Å². The Kier molecular flexibility index (Phi) is 3.72. The average molecular weight is 334 g/mol. The molecule has 6 nitrogen and oxygen atoms in total. The van der Waals surface area contributed by atoms with Gasteiger partial charge in [0.15, 0.2) is 0 Å². The Morgan fingerprint density at radius 3 is 2.72 bits per heavy atom. The van der Waals surface area contributed by atoms with Crippen molar-refractivity contribution in [2.45, 2.75) is 13.0 Å². The van der Waals surface area contributed by atoms with Crippen molar-refractivity contribution in [2.75, 3.05) is 6.54 Å². The van der Waals surface area contributed by atoms with Crippen LogP contribution in [0.3, 0.4) is 0 Å². The number of aromatic nitrogens is 3. The number of carbonyl (C=O) groups is 1. The van der Waals surface area contributed by atoms with Crippen LogP contribution in [0.5, 0.6) is 0 Å². The molecule has 0 radical (unpaired) electrons. The molecule has 2 aromatic heterocycles. The summed E-state index contributed by atoms with van der Waals surface area (Å²) in [5.41, 5.74) is 3.67. The summed E-state index contributed by atoms with van der Waals surface area (Å²) in [6.45, 7) is 1.15. The number of amides is 1. The summed E-state index contributed by atoms with van der Waals surface area (Å²) in [4.78, 5) is 33.6. The molecule has 3 aromatic rings. The maximum absolute atomic E-state index is 12.8. The molecule has 0 fully saturated rings. The predicted octanol–water partition coefficient (Wildman–Crippen LogP) is 1.97. The summed E-state index contributed by atoms with van der Waals surface area (Å²) < 4.78 is 1.56. The number of carbonyl (C=O) groups excluding carboxylic acids is 1. The van der Waals surface area contributed by atoms with E-state index in [1.165, 1.54) is 0 Å². The van der Waals surface area contributed by atoms with Crippen molar-refractivity contribution in [2.24, 2.45) is 7.05 Å². The predicted molar refractivity (Wildman–Crippen MR) is 94.2 cm³/mol. The van der Waals surface area contributed by atoms with E-state index in [9.17, 15) is 9.59 Å². The number of benzene rings is 1. The maximum atomic E-state index is 12.8. The summed E-state index contributed by atoms with van der Waals surface area (Å²) >= 11 is 0. The third kappa shape index (κ3) is 2.87. The number of fused-ring (bicyclic) bond motifs is 1. The van der Waals surface area contributed by atoms with E-state index in [2.05, 4.69) is 9.97 Å². The maximum Gasteiger partial charge on any atom is 0.254 e. The van der Waals surface area contributed by atoms with Gasteiger partial charge in [0.25, 0.3) is 11.5 Å². The van der Waals surface area contributed by atoms with Crippen LogP contribution in [0.25, 0.3) is 11.4 Å². The number of hydrogen-bond donors (Lipinski definition) is 1. The van der Waals surface area contributed by atoms with Gasteiger partial charge >= 0.3 is 0 Å². The fourth-order valence-electron chi connectivity index (χ4n) is 3.19. The van der Waals surface area contributed by atoms with Crippen LogP contribution in [0.4, 0.5) is 0 Å². The molecular formula is C19H18N4O2. The molecule has 6 heteroatoms. The summed E-state index contributed by atoms with van der Waals surface area (Å²) in [6.07, 6.45) is 6.01. The van der Waals surface area contributed by atoms with Gasteiger partial charge in [-0.3, -0.25) is 9.59 Å². The summed E-state index contributed by atoms with van der Waals surface area (Å²) in [5.74, 6) is 0.789. The van der Waals surface area contributed by atoms with Crippen LogP contribution in [0, 0.1) is 0 Å². The van der Waals surface area contributed by atoms with Crippen LogP contribution < -0.4 is 5.56 Å². The molecule has 1 amide bonds. The van der Waals surface area contributed by atoms with Crippen molar-refractivity contribution < 1.29 is 4.79 Å². The molecule has 0 bridgehead atoms. The first kappa shape index (κ1) is 15.4. The fourth-order valence-corrected chi connectivity index (χ4v) is 3.19. The Hall–Kier alpha value is -3.15. The van der Waals surface area contributed by atoms with E-state index < -0.39 is 0 Å². The van der Waals surface area contributed by atoms with Crippen LogP contribution >= 0.6 is 0 Å². The number of hydrogen-bond acceptors (Lipinski definition) is 3. The van der Waals surface area contributed by atoms with Crippen LogP contribution in [-0.2, 0) is 20.0 Å². The number of nitrogens with one attached hydrogen (secondary N) is 1. The van der Waals surface area contributed by atoms with E-state index in [0.717, 1.165) is 22.5 Å². The zero-order chi connectivity index (χ0) is 17.4. The number of nitrogens with zero attached hydrogens (tertiary/aromatic N) is 3. The third-order valence-electron chi connectivity index (χ3n) is 4.61. The zero-order valence-electron chi connectivity index (χ0n) is 13.9. The highest BCUT2D eigenvalue weighted by molar-refractivity contribution is 5.94. The lowest BCUT2D eigenvalue weighted by Crippen LogP contribution is -2.37. The van der Waals surface area contributed by atoms with Gasteiger partial charge in [0.1, 0.15) is 5.82 Å². The van der Waals surface area contributed by atoms with E-state index in [1.807, 2.05) is 35.4 Å². The summed E-state index contributed by atoms with van der Waals surface area (Å²) in [7, 11) is 1.73. The first-order valence-electron chi connectivity index (χ1n) is 8.19. The molecule has 0 aliphatic carbocycles. The highest BCUT2D eigenvalue weighted by Gasteiger charge is 2.22. The normalized spacial score (nSPS) is 13.6. The topological polar surface area (TPSA) is 71.0 Å². The molecule has 4 rings (SSSR count). The number of aromatic amines is 1. The molecule has 1 N–H and O–H groups in total. The number of rotatable bonds is 2. The summed E-state index contributed by atoms with van der Waals surface area (Å²) in [6, 6.07) is 9.13. The minimum atomic E-state index is -0.00737. The van der Waals surface area contributed by atoms with E-state index in [1.54, 1.807) is 30.1 Å². The van der Waals surface area contributed by atoms with Crippen LogP contribution in [0.2, 0.25) is 0 Å². The molecular weight excluding hydrogens is 316 g/mol. The molecule has 1 aliphatic rings. The number of imidazole rings is 1. The molecule has 1 aliphatic heterocycles. The van der Waals surface area contributed by atoms with Crippen LogP contribution in [-0.4, -0.2) is 31.9 Å². The van der Waals surface area contributed by atoms with Gasteiger partial charge in [-0.1, -0.05) is 12.1 Å². The largest absolute Gasteiger partial charge is 0.345 e. The van der Waals surface area contributed by atoms with Crippen molar-refractivity contribution in [1.29, 1.82) is 0 Å². The van der Waals surface area contributed by atoms with E-state index in [-0.39, 0.29) is 11.5 Å². The lowest BCUT2D eigenvalue weighted by Gasteiger charge is -2.29. The van der Waals surface area contributed by atoms with Crippen LogP contribution in [0.1, 0.15) is 21.5 Å². The first-order chi connectivity index (χ1) is 12.1. The molecule has 0 saturated heterocycles. The van der Waals surface area contributed by atoms with Gasteiger partial charge in [-0.05, 0) is 29.7 Å². The molecule has 3 heterocycles. The second kappa shape index (κ2) is 6.05. The Bertz CT molecular complexity index is 972. The summed E-state index contributed by atoms with van der Waals surface area (Å²) in [5, 5.41) is 0. The van der Waals surface area contributed by atoms with Gasteiger partial charge in [0.2, 0.25) is 0 Å². The lowest BCUT2D eigenvalue weighted by molar-refractivity contribution is 0.0734. The van der Waals surface area contributed by atoms with Gasteiger partial charge in [-0.15, -0.1) is 0 Å². The van der Waals surface area contributed by atoms with Gasteiger partial charge in [0, 0.05) is 55.9 Å². The highest BCUT2D eigenvalue weighted by Crippen LogP contribution is 2.21. The minimum Gasteiger partial charge on any atom is -0.345 e. The van der Waals surface area contributed by atoms with Crippen LogP contribution in [0.15, 0.2) is 53.7 Å². The van der Waals surface area contributed by atoms with Gasteiger partial charge in [-0.25, -0.2) is 4.98 Å². The molecule has 0 unspecified atom stereocenters. The van der Waals surface area contributed by atoms with E-state index in [0.29, 0.717) is 25.1 Å². The Morgan fingerprint density at radius 2 is 2.00 bits per heavy atom. The molecule has 126 valence electrons. The second-order valence-corrected chi connectivity index (χ2v) is 6.26. The Balaban J connectivity index is 1.55. The van der Waals surface area contributed by atoms with E-state index >= 15 is 0 Å². The Morgan fingerprint density at radius 1 is 1.20 bits per heavy atom. The van der Waals surface area contributed by atoms with Gasteiger partial charge < -0.3 is 14.5 Å². The number of aryl methyl sites for hydroxylation is 1. The highest BCUT2D eigenvalue weighted by atomic mass is 16.2. The fraction of sp³-hybridized carbons (Fsp3) is 0.211. The monoisotopic (exact) mass is 334 g/mol. The van der Waals surface area contributed by atoms with Crippen molar-refractivity contribution in [3.8, 4) is 11.4 Å². The van der Waals surface area contributed by atoms with Crippen molar-refractivity contribution in [3.05, 3.63) is 76.0 Å². The van der Waals surface area contributed by atoms with Crippen molar-refractivity contribution >= 4 is 5.91 Å². The molecule has 0 spiro atoms. The molecule has 0 saturated carbocycles. The minimum absolute atomic E-state index is 0.00509. The van der Waals surface area contributed by atoms with Gasteiger partial charge in [-0.2, -0.15) is 0 Å². The van der Waals surface area contributed by atoms with Crippen molar-refractivity contribution in [3.63, 3.8) is 0 Å². The third-order valence-corrected chi connectivity index (χ3v) is 4.61. The average Bonchev–Trinajstić information content (AvgIpc) is 3.16. The Labute approximate surface area is 144 Å².